The van der Waals surface area contributed by atoms with Crippen LogP contribution >= 0.6 is 0 Å². The van der Waals surface area contributed by atoms with Crippen LogP contribution in [-0.2, 0) is 14.8 Å². The molecule has 0 saturated carbocycles. The predicted molar refractivity (Wildman–Crippen MR) is 117 cm³/mol. The van der Waals surface area contributed by atoms with E-state index in [0.29, 0.717) is 29.9 Å². The highest BCUT2D eigenvalue weighted by molar-refractivity contribution is 7.89. The van der Waals surface area contributed by atoms with E-state index in [1.807, 2.05) is 24.8 Å². The first-order valence-electron chi connectivity index (χ1n) is 9.98. The van der Waals surface area contributed by atoms with Crippen molar-refractivity contribution in [1.29, 1.82) is 5.26 Å². The number of nitrogens with zero attached hydrogens (tertiary/aromatic N) is 3. The Morgan fingerprint density at radius 2 is 1.84 bits per heavy atom. The largest absolute Gasteiger partial charge is 0.508 e. The summed E-state index contributed by atoms with van der Waals surface area (Å²) >= 11 is 0. The Bertz CT molecular complexity index is 1110. The van der Waals surface area contributed by atoms with Crippen LogP contribution in [0.2, 0.25) is 0 Å². The maximum absolute atomic E-state index is 13.2. The van der Waals surface area contributed by atoms with Crippen LogP contribution in [0.3, 0.4) is 0 Å². The summed E-state index contributed by atoms with van der Waals surface area (Å²) in [5, 5.41) is 21.7. The molecule has 31 heavy (non-hydrogen) atoms. The van der Waals surface area contributed by atoms with Gasteiger partial charge in [0, 0.05) is 36.4 Å². The summed E-state index contributed by atoms with van der Waals surface area (Å²) in [6.45, 7) is 6.25. The van der Waals surface area contributed by atoms with Gasteiger partial charge in [0.2, 0.25) is 15.9 Å². The van der Waals surface area contributed by atoms with Crippen LogP contribution in [-0.4, -0.2) is 60.4 Å². The van der Waals surface area contributed by atoms with E-state index in [2.05, 4.69) is 5.32 Å². The van der Waals surface area contributed by atoms with Gasteiger partial charge >= 0.3 is 0 Å². The lowest BCUT2D eigenvalue weighted by atomic mass is 10.1. The molecule has 0 radical (unpaired) electrons. The topological polar surface area (TPSA) is 114 Å². The van der Waals surface area contributed by atoms with Crippen LogP contribution in [0.4, 0.5) is 5.69 Å². The number of sulfonamides is 1. The van der Waals surface area contributed by atoms with Gasteiger partial charge in [0.25, 0.3) is 0 Å². The number of carbonyl (C=O) groups is 1. The molecule has 0 spiro atoms. The second kappa shape index (κ2) is 9.06. The second-order valence-electron chi connectivity index (χ2n) is 7.86. The van der Waals surface area contributed by atoms with E-state index in [1.54, 1.807) is 37.3 Å². The Morgan fingerprint density at radius 3 is 2.48 bits per heavy atom. The first-order valence-corrected chi connectivity index (χ1v) is 11.4. The van der Waals surface area contributed by atoms with Crippen LogP contribution < -0.4 is 5.32 Å². The zero-order chi connectivity index (χ0) is 22.8. The van der Waals surface area contributed by atoms with Crippen molar-refractivity contribution in [3.63, 3.8) is 0 Å². The van der Waals surface area contributed by atoms with Crippen molar-refractivity contribution in [2.45, 2.75) is 37.8 Å². The monoisotopic (exact) mass is 442 g/mol. The van der Waals surface area contributed by atoms with Crippen molar-refractivity contribution in [3.8, 4) is 11.8 Å². The third-order valence-electron chi connectivity index (χ3n) is 5.40. The van der Waals surface area contributed by atoms with Crippen molar-refractivity contribution in [1.82, 2.24) is 9.21 Å². The summed E-state index contributed by atoms with van der Waals surface area (Å²) in [4.78, 5) is 14.5. The number of piperazine rings is 1. The molecule has 164 valence electrons. The fourth-order valence-corrected chi connectivity index (χ4v) is 5.87. The van der Waals surface area contributed by atoms with Crippen LogP contribution in [0.1, 0.15) is 25.0 Å². The Hall–Kier alpha value is -2.93. The molecule has 2 atom stereocenters. The van der Waals surface area contributed by atoms with Crippen LogP contribution in [0.25, 0.3) is 0 Å². The van der Waals surface area contributed by atoms with Crippen molar-refractivity contribution in [3.05, 3.63) is 53.6 Å². The van der Waals surface area contributed by atoms with Gasteiger partial charge in [0.15, 0.2) is 0 Å². The molecule has 0 aromatic heterocycles. The number of amides is 1. The molecule has 8 nitrogen and oxygen atoms in total. The third-order valence-corrected chi connectivity index (χ3v) is 7.52. The molecule has 0 bridgehead atoms. The van der Waals surface area contributed by atoms with Gasteiger partial charge in [0.05, 0.1) is 23.1 Å². The van der Waals surface area contributed by atoms with Gasteiger partial charge in [-0.1, -0.05) is 12.1 Å². The zero-order valence-corrected chi connectivity index (χ0v) is 18.6. The van der Waals surface area contributed by atoms with Crippen molar-refractivity contribution < 1.29 is 18.3 Å². The summed E-state index contributed by atoms with van der Waals surface area (Å²) in [5.74, 6) is -0.120. The number of nitrogens with one attached hydrogen (secondary N) is 1. The van der Waals surface area contributed by atoms with Gasteiger partial charge in [-0.15, -0.1) is 0 Å². The quantitative estimate of drug-likeness (QED) is 0.734. The first kappa shape index (κ1) is 22.7. The smallest absolute Gasteiger partial charge is 0.243 e. The van der Waals surface area contributed by atoms with Gasteiger partial charge in [-0.05, 0) is 51.1 Å². The number of aromatic hydroxyl groups is 1. The summed E-state index contributed by atoms with van der Waals surface area (Å²) in [7, 11) is -3.78. The van der Waals surface area contributed by atoms with Crippen LogP contribution in [0, 0.1) is 18.3 Å². The summed E-state index contributed by atoms with van der Waals surface area (Å²) in [6, 6.07) is 12.2. The normalized spacial score (nSPS) is 20.2. The lowest BCUT2D eigenvalue weighted by Crippen LogP contribution is -2.59. The average molecular weight is 443 g/mol. The molecular weight excluding hydrogens is 416 g/mol. The first-order chi connectivity index (χ1) is 14.6. The molecule has 1 fully saturated rings. The second-order valence-corrected chi connectivity index (χ2v) is 9.71. The molecular formula is C22H26N4O4S. The number of nitriles is 1. The van der Waals surface area contributed by atoms with Crippen molar-refractivity contribution in [2.24, 2.45) is 0 Å². The minimum Gasteiger partial charge on any atom is -0.508 e. The van der Waals surface area contributed by atoms with E-state index >= 15 is 0 Å². The number of anilines is 1. The Morgan fingerprint density at radius 1 is 1.19 bits per heavy atom. The van der Waals surface area contributed by atoms with Gasteiger partial charge in [-0.3, -0.25) is 9.69 Å². The van der Waals surface area contributed by atoms with E-state index < -0.39 is 10.0 Å². The molecule has 1 heterocycles. The number of benzene rings is 2. The molecule has 2 aromatic rings. The van der Waals surface area contributed by atoms with Gasteiger partial charge in [-0.25, -0.2) is 8.42 Å². The zero-order valence-electron chi connectivity index (χ0n) is 17.7. The van der Waals surface area contributed by atoms with Gasteiger partial charge in [-0.2, -0.15) is 9.57 Å². The Labute approximate surface area is 182 Å². The number of phenols is 1. The standard InChI is InChI=1S/C22H26N4O4S/c1-15-12-25(14-22(28)24-20-8-5-9-21(27)17(20)3)13-16(2)26(15)31(29,30)19-7-4-6-18(10-19)11-23/h4-10,15-16,27H,12-14H2,1-3H3,(H,24,28)/t15-,16+. The number of phenolic OH excluding ortho intramolecular Hbond substituents is 1. The third kappa shape index (κ3) is 4.88. The lowest BCUT2D eigenvalue weighted by molar-refractivity contribution is -0.118. The average Bonchev–Trinajstić information content (AvgIpc) is 2.70. The molecule has 0 aliphatic carbocycles. The number of carbonyl (C=O) groups excluding carboxylic acids is 1. The van der Waals surface area contributed by atoms with Crippen molar-refractivity contribution >= 4 is 21.6 Å². The van der Waals surface area contributed by atoms with E-state index in [1.165, 1.54) is 16.4 Å². The minimum absolute atomic E-state index is 0.0933. The maximum atomic E-state index is 13.2. The van der Waals surface area contributed by atoms with E-state index in [4.69, 9.17) is 5.26 Å². The van der Waals surface area contributed by atoms with Gasteiger partial charge in [0.1, 0.15) is 5.75 Å². The fourth-order valence-electron chi connectivity index (χ4n) is 4.02. The van der Waals surface area contributed by atoms with E-state index in [0.717, 1.165) is 0 Å². The predicted octanol–water partition coefficient (Wildman–Crippen LogP) is 2.29. The van der Waals surface area contributed by atoms with E-state index in [9.17, 15) is 18.3 Å². The molecule has 3 rings (SSSR count). The fraction of sp³-hybridized carbons (Fsp3) is 0.364. The molecule has 2 aromatic carbocycles. The molecule has 1 amide bonds. The van der Waals surface area contributed by atoms with E-state index in [-0.39, 0.29) is 35.2 Å². The van der Waals surface area contributed by atoms with Crippen LogP contribution in [0.5, 0.6) is 5.75 Å². The van der Waals surface area contributed by atoms with Crippen LogP contribution in [0.15, 0.2) is 47.4 Å². The highest BCUT2D eigenvalue weighted by atomic mass is 32.2. The maximum Gasteiger partial charge on any atom is 0.243 e. The van der Waals surface area contributed by atoms with Crippen molar-refractivity contribution in [2.75, 3.05) is 25.0 Å². The Balaban J connectivity index is 1.70. The number of hydrogen-bond donors (Lipinski definition) is 2. The highest BCUT2D eigenvalue weighted by Crippen LogP contribution is 2.27. The number of rotatable bonds is 5. The molecule has 1 saturated heterocycles. The summed E-state index contributed by atoms with van der Waals surface area (Å²) in [6.07, 6.45) is 0. The summed E-state index contributed by atoms with van der Waals surface area (Å²) < 4.78 is 27.9. The molecule has 0 unspecified atom stereocenters. The molecule has 9 heteroatoms. The summed E-state index contributed by atoms with van der Waals surface area (Å²) in [5.41, 5.74) is 1.43. The number of hydrogen-bond acceptors (Lipinski definition) is 6. The SMILES string of the molecule is Cc1c(O)cccc1NC(=O)CN1C[C@@H](C)N(S(=O)(=O)c2cccc(C#N)c2)[C@@H](C)C1. The van der Waals surface area contributed by atoms with Gasteiger partial charge < -0.3 is 10.4 Å². The lowest BCUT2D eigenvalue weighted by Gasteiger charge is -2.43. The Kier molecular flexibility index (Phi) is 6.65. The highest BCUT2D eigenvalue weighted by Gasteiger charge is 2.38. The molecule has 1 aliphatic rings. The minimum atomic E-state index is -3.78. The molecule has 1 aliphatic heterocycles. The molecule has 2 N–H and O–H groups in total.